The van der Waals surface area contributed by atoms with Gasteiger partial charge in [-0.3, -0.25) is 19.7 Å². The van der Waals surface area contributed by atoms with Gasteiger partial charge in [0.15, 0.2) is 0 Å². The third-order valence-electron chi connectivity index (χ3n) is 11.6. The topological polar surface area (TPSA) is 96.5 Å². The van der Waals surface area contributed by atoms with E-state index in [2.05, 4.69) is 16.0 Å². The molecule has 7 nitrogen and oxygen atoms in total. The second kappa shape index (κ2) is 10.2. The molecule has 228 valence electrons. The van der Waals surface area contributed by atoms with Crippen LogP contribution < -0.4 is 16.0 Å². The molecule has 43 heavy (non-hydrogen) atoms. The highest BCUT2D eigenvalue weighted by Gasteiger charge is 2.72. The van der Waals surface area contributed by atoms with Gasteiger partial charge in [0.25, 0.3) is 0 Å². The molecule has 5 fully saturated rings. The molecule has 2 bridgehead atoms. The maximum atomic E-state index is 16.1. The number of methoxy groups -OCH3 is 1. The normalized spacial score (nSPS) is 33.8. The van der Waals surface area contributed by atoms with Crippen LogP contribution in [0.15, 0.2) is 36.4 Å². The minimum atomic E-state index is -1.27. The Kier molecular flexibility index (Phi) is 6.88. The Hall–Kier alpha value is -2.68. The zero-order valence-corrected chi connectivity index (χ0v) is 25.7. The molecule has 4 aliphatic carbocycles. The molecule has 8 rings (SSSR count). The van der Waals surface area contributed by atoms with Crippen molar-refractivity contribution in [3.8, 4) is 0 Å². The van der Waals surface area contributed by atoms with Crippen LogP contribution in [0.25, 0.3) is 0 Å². The summed E-state index contributed by atoms with van der Waals surface area (Å²) in [7, 11) is 1.43. The Morgan fingerprint density at radius 3 is 2.35 bits per heavy atom. The summed E-state index contributed by atoms with van der Waals surface area (Å²) < 4.78 is 21.2. The van der Waals surface area contributed by atoms with E-state index in [0.29, 0.717) is 62.1 Å². The monoisotopic (exact) mass is 627 g/mol. The Bertz CT molecular complexity index is 1500. The van der Waals surface area contributed by atoms with E-state index in [9.17, 15) is 14.4 Å². The van der Waals surface area contributed by atoms with Gasteiger partial charge in [-0.05, 0) is 80.7 Å². The number of hydrogen-bond acceptors (Lipinski definition) is 5. The van der Waals surface area contributed by atoms with Crippen LogP contribution in [0.4, 0.5) is 10.1 Å². The van der Waals surface area contributed by atoms with Crippen molar-refractivity contribution < 1.29 is 23.5 Å². The molecule has 2 spiro atoms. The molecule has 3 atom stereocenters. The Balaban J connectivity index is 1.35. The van der Waals surface area contributed by atoms with Crippen LogP contribution in [0, 0.1) is 11.2 Å². The van der Waals surface area contributed by atoms with Crippen molar-refractivity contribution in [1.29, 1.82) is 0 Å². The summed E-state index contributed by atoms with van der Waals surface area (Å²) in [6.45, 7) is 0. The highest BCUT2D eigenvalue weighted by molar-refractivity contribution is 6.31. The molecule has 3 N–H and O–H groups in total. The Morgan fingerprint density at radius 2 is 1.67 bits per heavy atom. The summed E-state index contributed by atoms with van der Waals surface area (Å²) >= 11 is 12.7. The average Bonchev–Trinajstić information content (AvgIpc) is 3.46. The molecule has 0 radical (unpaired) electrons. The number of halogens is 3. The number of nitrogens with one attached hydrogen (secondary N) is 3. The number of anilines is 1. The van der Waals surface area contributed by atoms with Crippen LogP contribution >= 0.6 is 23.2 Å². The zero-order valence-electron chi connectivity index (χ0n) is 24.2. The van der Waals surface area contributed by atoms with Crippen LogP contribution in [0.3, 0.4) is 0 Å². The summed E-state index contributed by atoms with van der Waals surface area (Å²) in [5, 5.41) is 10.6. The smallest absolute Gasteiger partial charge is 0.311 e. The third kappa shape index (κ3) is 4.05. The fourth-order valence-corrected chi connectivity index (χ4v) is 9.81. The molecule has 2 heterocycles. The van der Waals surface area contributed by atoms with Crippen molar-refractivity contribution in [3.63, 3.8) is 0 Å². The predicted octanol–water partition coefficient (Wildman–Crippen LogP) is 6.16. The van der Waals surface area contributed by atoms with E-state index in [1.165, 1.54) is 13.2 Å². The van der Waals surface area contributed by atoms with E-state index in [1.807, 2.05) is 6.07 Å². The fraction of sp³-hybridized carbons (Fsp3) is 0.545. The van der Waals surface area contributed by atoms with E-state index in [-0.39, 0.29) is 28.4 Å². The summed E-state index contributed by atoms with van der Waals surface area (Å²) in [6, 6.07) is 9.27. The maximum absolute atomic E-state index is 16.1. The summed E-state index contributed by atoms with van der Waals surface area (Å²) in [5.74, 6) is -2.17. The van der Waals surface area contributed by atoms with Crippen LogP contribution in [-0.4, -0.2) is 42.0 Å². The second-order valence-electron chi connectivity index (χ2n) is 13.4. The minimum absolute atomic E-state index is 0.0524. The van der Waals surface area contributed by atoms with Crippen molar-refractivity contribution in [3.05, 3.63) is 63.4 Å². The molecule has 2 aromatic rings. The van der Waals surface area contributed by atoms with Gasteiger partial charge < -0.3 is 15.4 Å². The van der Waals surface area contributed by atoms with Crippen molar-refractivity contribution >= 4 is 46.7 Å². The molecule has 4 saturated carbocycles. The first kappa shape index (κ1) is 29.1. The highest BCUT2D eigenvalue weighted by Crippen LogP contribution is 2.63. The standard InChI is InChI=1S/C33H36Cl2FN3O4/c1-43-29(42)30-12-15-31(16-13-30,17-14-30)39-27(40)26-24(20-6-5-7-22(35)25(20)36)33(32(38-26)10-3-2-4-11-32)21-9-8-19(34)18-23(21)37-28(33)41/h5-9,18,24,26,38H,2-4,10-17H2,1H3,(H,37,41)(H,39,40)/t24-,26?,30?,31?,33+/m1/s1. The fourth-order valence-electron chi connectivity index (χ4n) is 9.45. The number of hydrogen-bond donors (Lipinski definition) is 3. The molecule has 10 heteroatoms. The first-order valence-electron chi connectivity index (χ1n) is 15.3. The zero-order chi connectivity index (χ0) is 30.2. The molecular weight excluding hydrogens is 592 g/mol. The number of rotatable bonds is 4. The summed E-state index contributed by atoms with van der Waals surface area (Å²) in [4.78, 5) is 41.7. The van der Waals surface area contributed by atoms with E-state index in [1.54, 1.807) is 24.3 Å². The number of esters is 1. The van der Waals surface area contributed by atoms with Gasteiger partial charge >= 0.3 is 5.97 Å². The lowest BCUT2D eigenvalue weighted by atomic mass is 9.55. The summed E-state index contributed by atoms with van der Waals surface area (Å²) in [6.07, 6.45) is 8.03. The van der Waals surface area contributed by atoms with Gasteiger partial charge in [-0.2, -0.15) is 0 Å². The van der Waals surface area contributed by atoms with E-state index in [4.69, 9.17) is 27.9 Å². The molecule has 2 aromatic carbocycles. The van der Waals surface area contributed by atoms with E-state index in [0.717, 1.165) is 24.8 Å². The molecule has 2 aliphatic heterocycles. The largest absolute Gasteiger partial charge is 0.469 e. The maximum Gasteiger partial charge on any atom is 0.311 e. The van der Waals surface area contributed by atoms with Gasteiger partial charge in [0.1, 0.15) is 11.2 Å². The highest BCUT2D eigenvalue weighted by atomic mass is 35.5. The lowest BCUT2D eigenvalue weighted by molar-refractivity contribution is -0.161. The number of amides is 2. The minimum Gasteiger partial charge on any atom is -0.469 e. The molecule has 1 unspecified atom stereocenters. The number of benzene rings is 2. The molecule has 1 saturated heterocycles. The Labute approximate surface area is 260 Å². The number of carbonyl (C=O) groups is 3. The first-order valence-corrected chi connectivity index (χ1v) is 16.1. The van der Waals surface area contributed by atoms with Gasteiger partial charge in [0.05, 0.1) is 23.6 Å². The summed E-state index contributed by atoms with van der Waals surface area (Å²) in [5.41, 5.74) is -1.44. The lowest BCUT2D eigenvalue weighted by Gasteiger charge is -2.52. The van der Waals surface area contributed by atoms with Gasteiger partial charge in [-0.15, -0.1) is 0 Å². The van der Waals surface area contributed by atoms with Gasteiger partial charge in [0.2, 0.25) is 11.8 Å². The average molecular weight is 629 g/mol. The number of ether oxygens (including phenoxy) is 1. The molecule has 2 amide bonds. The first-order chi connectivity index (χ1) is 20.6. The number of carbonyl (C=O) groups excluding carboxylic acids is 3. The SMILES string of the molecule is COC(=O)C12CCC(NC(=O)C3NC4(CCCCC4)[C@]4(C(=O)Nc5cc(Cl)ccc54)[C@@H]3c3cccc(Cl)c3F)(CC1)CC2. The van der Waals surface area contributed by atoms with Gasteiger partial charge in [0, 0.05) is 27.7 Å². The van der Waals surface area contributed by atoms with Crippen LogP contribution in [-0.2, 0) is 24.5 Å². The molecule has 0 aromatic heterocycles. The molecule has 6 aliphatic rings. The number of fused-ring (bicyclic) bond motifs is 6. The van der Waals surface area contributed by atoms with Gasteiger partial charge in [-0.1, -0.05) is 60.7 Å². The van der Waals surface area contributed by atoms with Crippen molar-refractivity contribution in [2.24, 2.45) is 5.41 Å². The van der Waals surface area contributed by atoms with Crippen molar-refractivity contribution in [1.82, 2.24) is 10.6 Å². The van der Waals surface area contributed by atoms with Crippen molar-refractivity contribution in [2.45, 2.75) is 99.1 Å². The van der Waals surface area contributed by atoms with Crippen molar-refractivity contribution in [2.75, 3.05) is 12.4 Å². The third-order valence-corrected chi connectivity index (χ3v) is 12.1. The second-order valence-corrected chi connectivity index (χ2v) is 14.2. The quantitative estimate of drug-likeness (QED) is 0.353. The van der Waals surface area contributed by atoms with Gasteiger partial charge in [-0.25, -0.2) is 4.39 Å². The Morgan fingerprint density at radius 1 is 0.977 bits per heavy atom. The van der Waals surface area contributed by atoms with E-state index < -0.39 is 39.7 Å². The predicted molar refractivity (Wildman–Crippen MR) is 162 cm³/mol. The molecular formula is C33H36Cl2FN3O4. The van der Waals surface area contributed by atoms with Crippen LogP contribution in [0.5, 0.6) is 0 Å². The lowest BCUT2D eigenvalue weighted by Crippen LogP contribution is -2.62. The van der Waals surface area contributed by atoms with Crippen LogP contribution in [0.2, 0.25) is 10.0 Å². The van der Waals surface area contributed by atoms with Crippen LogP contribution in [0.1, 0.15) is 87.7 Å². The van der Waals surface area contributed by atoms with E-state index >= 15 is 4.39 Å².